The van der Waals surface area contributed by atoms with Gasteiger partial charge in [0.15, 0.2) is 0 Å². The monoisotopic (exact) mass is 238 g/mol. The van der Waals surface area contributed by atoms with E-state index in [2.05, 4.69) is 36.2 Å². The lowest BCUT2D eigenvalue weighted by Crippen LogP contribution is -2.15. The Kier molecular flexibility index (Phi) is 5.15. The number of nitrogen functional groups attached to an aromatic ring is 1. The average molecular weight is 238 g/mol. The van der Waals surface area contributed by atoms with Gasteiger partial charge in [-0.2, -0.15) is 4.98 Å². The molecule has 0 spiro atoms. The SMILES string of the molecule is CCCc1nc(NN)c(C)c(OCC(C)C)n1. The molecule has 5 heteroatoms. The highest BCUT2D eigenvalue weighted by atomic mass is 16.5. The second-order valence-electron chi connectivity index (χ2n) is 4.52. The Morgan fingerprint density at radius 2 is 2.06 bits per heavy atom. The molecule has 17 heavy (non-hydrogen) atoms. The third-order valence-electron chi connectivity index (χ3n) is 2.31. The maximum Gasteiger partial charge on any atom is 0.221 e. The van der Waals surface area contributed by atoms with E-state index >= 15 is 0 Å². The van der Waals surface area contributed by atoms with E-state index in [-0.39, 0.29) is 0 Å². The fourth-order valence-electron chi connectivity index (χ4n) is 1.40. The smallest absolute Gasteiger partial charge is 0.221 e. The third-order valence-corrected chi connectivity index (χ3v) is 2.31. The van der Waals surface area contributed by atoms with Crippen LogP contribution < -0.4 is 16.0 Å². The van der Waals surface area contributed by atoms with Gasteiger partial charge in [-0.1, -0.05) is 20.8 Å². The summed E-state index contributed by atoms with van der Waals surface area (Å²) >= 11 is 0. The Bertz CT molecular complexity index is 366. The lowest BCUT2D eigenvalue weighted by Gasteiger charge is -2.13. The minimum atomic E-state index is 0.466. The summed E-state index contributed by atoms with van der Waals surface area (Å²) in [6.07, 6.45) is 1.82. The number of nitrogens with one attached hydrogen (secondary N) is 1. The number of hydrogen-bond acceptors (Lipinski definition) is 5. The standard InChI is InChI=1S/C12H22N4O/c1-5-6-10-14-11(16-13)9(4)12(15-10)17-7-8(2)3/h8H,5-7,13H2,1-4H3,(H,14,15,16). The lowest BCUT2D eigenvalue weighted by molar-refractivity contribution is 0.258. The summed E-state index contributed by atoms with van der Waals surface area (Å²) in [6.45, 7) is 8.85. The summed E-state index contributed by atoms with van der Waals surface area (Å²) in [4.78, 5) is 8.75. The third kappa shape index (κ3) is 3.85. The van der Waals surface area contributed by atoms with Crippen molar-refractivity contribution in [2.45, 2.75) is 40.5 Å². The van der Waals surface area contributed by atoms with Gasteiger partial charge >= 0.3 is 0 Å². The number of ether oxygens (including phenoxy) is 1. The zero-order valence-corrected chi connectivity index (χ0v) is 11.1. The summed E-state index contributed by atoms with van der Waals surface area (Å²) in [5, 5.41) is 0. The van der Waals surface area contributed by atoms with Crippen LogP contribution in [0.5, 0.6) is 5.88 Å². The predicted molar refractivity (Wildman–Crippen MR) is 68.9 cm³/mol. The first-order valence-corrected chi connectivity index (χ1v) is 6.05. The number of rotatable bonds is 6. The first-order valence-electron chi connectivity index (χ1n) is 6.05. The van der Waals surface area contributed by atoms with Gasteiger partial charge in [0.1, 0.15) is 11.6 Å². The van der Waals surface area contributed by atoms with Crippen molar-refractivity contribution in [3.63, 3.8) is 0 Å². The highest BCUT2D eigenvalue weighted by molar-refractivity contribution is 5.47. The van der Waals surface area contributed by atoms with Crippen LogP contribution in [0.4, 0.5) is 5.82 Å². The number of anilines is 1. The minimum absolute atomic E-state index is 0.466. The van der Waals surface area contributed by atoms with Crippen molar-refractivity contribution in [1.29, 1.82) is 0 Å². The van der Waals surface area contributed by atoms with Crippen molar-refractivity contribution in [2.24, 2.45) is 11.8 Å². The Balaban J connectivity index is 2.96. The Hall–Kier alpha value is -1.36. The minimum Gasteiger partial charge on any atom is -0.477 e. The van der Waals surface area contributed by atoms with E-state index in [1.54, 1.807) is 0 Å². The number of aromatic nitrogens is 2. The normalized spacial score (nSPS) is 10.7. The molecular weight excluding hydrogens is 216 g/mol. The Morgan fingerprint density at radius 3 is 2.59 bits per heavy atom. The van der Waals surface area contributed by atoms with Crippen molar-refractivity contribution in [3.8, 4) is 5.88 Å². The lowest BCUT2D eigenvalue weighted by atomic mass is 10.2. The maximum absolute atomic E-state index is 5.68. The van der Waals surface area contributed by atoms with E-state index in [4.69, 9.17) is 10.6 Å². The quantitative estimate of drug-likeness (QED) is 0.586. The highest BCUT2D eigenvalue weighted by Crippen LogP contribution is 2.22. The van der Waals surface area contributed by atoms with Crippen LogP contribution in [0.15, 0.2) is 0 Å². The zero-order chi connectivity index (χ0) is 12.8. The molecule has 1 heterocycles. The summed E-state index contributed by atoms with van der Waals surface area (Å²) in [5.74, 6) is 7.95. The van der Waals surface area contributed by atoms with Crippen LogP contribution in [0, 0.1) is 12.8 Å². The second-order valence-corrected chi connectivity index (χ2v) is 4.52. The topological polar surface area (TPSA) is 73.1 Å². The molecule has 1 aromatic rings. The maximum atomic E-state index is 5.68. The van der Waals surface area contributed by atoms with Crippen LogP contribution in [0.25, 0.3) is 0 Å². The molecule has 0 atom stereocenters. The van der Waals surface area contributed by atoms with Gasteiger partial charge in [0.2, 0.25) is 5.88 Å². The molecule has 0 amide bonds. The molecule has 0 unspecified atom stereocenters. The molecule has 1 rings (SSSR count). The summed E-state index contributed by atoms with van der Waals surface area (Å²) < 4.78 is 5.68. The van der Waals surface area contributed by atoms with Crippen molar-refractivity contribution in [2.75, 3.05) is 12.0 Å². The van der Waals surface area contributed by atoms with Crippen molar-refractivity contribution in [1.82, 2.24) is 9.97 Å². The van der Waals surface area contributed by atoms with Crippen LogP contribution in [0.3, 0.4) is 0 Å². The van der Waals surface area contributed by atoms with E-state index in [1.807, 2.05) is 6.92 Å². The van der Waals surface area contributed by atoms with Crippen molar-refractivity contribution < 1.29 is 4.74 Å². The van der Waals surface area contributed by atoms with Crippen LogP contribution in [0.1, 0.15) is 38.6 Å². The first-order chi connectivity index (χ1) is 8.08. The van der Waals surface area contributed by atoms with Gasteiger partial charge in [-0.15, -0.1) is 0 Å². The number of nitrogens with two attached hydrogens (primary N) is 1. The first kappa shape index (κ1) is 13.7. The summed E-state index contributed by atoms with van der Waals surface area (Å²) in [5.41, 5.74) is 3.45. The summed E-state index contributed by atoms with van der Waals surface area (Å²) in [7, 11) is 0. The average Bonchev–Trinajstić information content (AvgIpc) is 2.29. The molecule has 0 bridgehead atoms. The van der Waals surface area contributed by atoms with Gasteiger partial charge in [-0.25, -0.2) is 10.8 Å². The van der Waals surface area contributed by atoms with Crippen LogP contribution in [-0.2, 0) is 6.42 Å². The van der Waals surface area contributed by atoms with Gasteiger partial charge in [0.25, 0.3) is 0 Å². The van der Waals surface area contributed by atoms with Gasteiger partial charge in [-0.05, 0) is 19.3 Å². The van der Waals surface area contributed by atoms with E-state index < -0.39 is 0 Å². The zero-order valence-electron chi connectivity index (χ0n) is 11.1. The fraction of sp³-hybridized carbons (Fsp3) is 0.667. The number of hydrogen-bond donors (Lipinski definition) is 2. The molecule has 0 aliphatic carbocycles. The van der Waals surface area contributed by atoms with Crippen molar-refractivity contribution in [3.05, 3.63) is 11.4 Å². The van der Waals surface area contributed by atoms with Gasteiger partial charge in [-0.3, -0.25) is 0 Å². The molecule has 0 aliphatic heterocycles. The molecule has 1 aromatic heterocycles. The van der Waals surface area contributed by atoms with Gasteiger partial charge in [0, 0.05) is 6.42 Å². The summed E-state index contributed by atoms with van der Waals surface area (Å²) in [6, 6.07) is 0. The molecule has 5 nitrogen and oxygen atoms in total. The molecule has 3 N–H and O–H groups in total. The molecule has 0 saturated carbocycles. The molecule has 0 fully saturated rings. The van der Waals surface area contributed by atoms with E-state index in [1.165, 1.54) is 0 Å². The molecule has 0 aromatic carbocycles. The molecule has 0 aliphatic rings. The largest absolute Gasteiger partial charge is 0.477 e. The number of hydrazine groups is 1. The van der Waals surface area contributed by atoms with E-state index in [0.29, 0.717) is 24.2 Å². The molecular formula is C12H22N4O. The predicted octanol–water partition coefficient (Wildman–Crippen LogP) is 2.06. The van der Waals surface area contributed by atoms with Gasteiger partial charge < -0.3 is 10.2 Å². The van der Waals surface area contributed by atoms with Gasteiger partial charge in [0.05, 0.1) is 12.2 Å². The number of nitrogens with zero attached hydrogens (tertiary/aromatic N) is 2. The van der Waals surface area contributed by atoms with E-state index in [0.717, 1.165) is 24.2 Å². The van der Waals surface area contributed by atoms with Crippen LogP contribution in [-0.4, -0.2) is 16.6 Å². The highest BCUT2D eigenvalue weighted by Gasteiger charge is 2.11. The molecule has 96 valence electrons. The fourth-order valence-corrected chi connectivity index (χ4v) is 1.40. The molecule has 0 saturated heterocycles. The Labute approximate surface area is 103 Å². The number of aryl methyl sites for hydroxylation is 1. The second kappa shape index (κ2) is 6.39. The van der Waals surface area contributed by atoms with Crippen molar-refractivity contribution >= 4 is 5.82 Å². The van der Waals surface area contributed by atoms with E-state index in [9.17, 15) is 0 Å². The molecule has 0 radical (unpaired) electrons. The van der Waals surface area contributed by atoms with Crippen LogP contribution >= 0.6 is 0 Å². The Morgan fingerprint density at radius 1 is 1.35 bits per heavy atom. The van der Waals surface area contributed by atoms with Crippen LogP contribution in [0.2, 0.25) is 0 Å².